The number of benzene rings is 1. The van der Waals surface area contributed by atoms with Crippen molar-refractivity contribution in [3.05, 3.63) is 56.9 Å². The molecule has 0 amide bonds. The van der Waals surface area contributed by atoms with Crippen LogP contribution < -0.4 is 5.56 Å². The summed E-state index contributed by atoms with van der Waals surface area (Å²) in [5.74, 6) is -0.549. The predicted octanol–water partition coefficient (Wildman–Crippen LogP) is 2.63. The zero-order valence-corrected chi connectivity index (χ0v) is 19.2. The first-order valence-corrected chi connectivity index (χ1v) is 11.2. The summed E-state index contributed by atoms with van der Waals surface area (Å²) in [4.78, 5) is 32.5. The van der Waals surface area contributed by atoms with E-state index in [-0.39, 0.29) is 24.3 Å². The molecule has 1 atom stereocenters. The Balaban J connectivity index is 1.66. The summed E-state index contributed by atoms with van der Waals surface area (Å²) in [6.07, 6.45) is 0.0984. The van der Waals surface area contributed by atoms with Gasteiger partial charge in [0, 0.05) is 34.7 Å². The van der Waals surface area contributed by atoms with Gasteiger partial charge in [-0.05, 0) is 45.5 Å². The van der Waals surface area contributed by atoms with Gasteiger partial charge in [0.2, 0.25) is 0 Å². The predicted molar refractivity (Wildman–Crippen MR) is 123 cm³/mol. The van der Waals surface area contributed by atoms with Crippen LogP contribution in [-0.4, -0.2) is 43.7 Å². The van der Waals surface area contributed by atoms with Crippen LogP contribution in [0.1, 0.15) is 49.4 Å². The smallest absolute Gasteiger partial charge is 0.343 e. The van der Waals surface area contributed by atoms with Crippen molar-refractivity contribution in [2.24, 2.45) is 0 Å². The minimum absolute atomic E-state index is 0.0984. The third kappa shape index (κ3) is 3.08. The summed E-state index contributed by atoms with van der Waals surface area (Å²) in [5, 5.41) is 22.6. The molecule has 0 saturated heterocycles. The maximum atomic E-state index is 13.3. The van der Waals surface area contributed by atoms with Crippen molar-refractivity contribution in [1.29, 1.82) is 0 Å². The normalized spacial score (nSPS) is 19.1. The number of fused-ring (bicyclic) bond motifs is 5. The average molecular weight is 450 g/mol. The summed E-state index contributed by atoms with van der Waals surface area (Å²) in [6, 6.07) is 7.65. The molecule has 0 bridgehead atoms. The monoisotopic (exact) mass is 449 g/mol. The van der Waals surface area contributed by atoms with Gasteiger partial charge in [-0.2, -0.15) is 0 Å². The Morgan fingerprint density at radius 2 is 2.03 bits per heavy atom. The number of hydrogen-bond donors (Lipinski definition) is 2. The summed E-state index contributed by atoms with van der Waals surface area (Å²) < 4.78 is 6.71. The van der Waals surface area contributed by atoms with Crippen LogP contribution in [0, 0.1) is 0 Å². The van der Waals surface area contributed by atoms with E-state index < -0.39 is 11.6 Å². The molecule has 8 nitrogen and oxygen atoms in total. The zero-order chi connectivity index (χ0) is 23.7. The van der Waals surface area contributed by atoms with Crippen LogP contribution in [-0.2, 0) is 34.8 Å². The zero-order valence-electron chi connectivity index (χ0n) is 19.2. The highest BCUT2D eigenvalue weighted by Crippen LogP contribution is 2.40. The highest BCUT2D eigenvalue weighted by atomic mass is 16.6. The van der Waals surface area contributed by atoms with Crippen molar-refractivity contribution in [2.45, 2.75) is 58.5 Å². The van der Waals surface area contributed by atoms with E-state index in [4.69, 9.17) is 9.72 Å². The largest absolute Gasteiger partial charge is 0.507 e. The van der Waals surface area contributed by atoms with E-state index in [1.807, 2.05) is 25.2 Å². The lowest BCUT2D eigenvalue weighted by Gasteiger charge is -2.31. The molecule has 33 heavy (non-hydrogen) atoms. The van der Waals surface area contributed by atoms with Crippen LogP contribution in [0.2, 0.25) is 0 Å². The standard InChI is InChI=1S/C25H27N3O5/c1-5-25(32)18-9-20-21-15(11-28(20)23(30)17(18)12-33-24(25)31)8-16-19(26-21)7-6-14(22(16)29)10-27(4)13(2)3/h6-9,13,29,32H,5,10-12H2,1-4H3/t25-/m0/s1. The molecule has 5 rings (SSSR count). The summed E-state index contributed by atoms with van der Waals surface area (Å²) in [5.41, 5.74) is 1.84. The number of carbonyl (C=O) groups is 1. The molecule has 2 aliphatic heterocycles. The van der Waals surface area contributed by atoms with E-state index in [2.05, 4.69) is 18.7 Å². The van der Waals surface area contributed by atoms with Crippen molar-refractivity contribution in [2.75, 3.05) is 7.05 Å². The van der Waals surface area contributed by atoms with Gasteiger partial charge in [-0.15, -0.1) is 0 Å². The Morgan fingerprint density at radius 3 is 2.73 bits per heavy atom. The third-order valence-corrected chi connectivity index (χ3v) is 7.05. The number of cyclic esters (lactones) is 1. The number of hydrogen-bond acceptors (Lipinski definition) is 7. The van der Waals surface area contributed by atoms with Gasteiger partial charge >= 0.3 is 5.97 Å². The van der Waals surface area contributed by atoms with Crippen LogP contribution in [0.5, 0.6) is 5.75 Å². The molecular weight excluding hydrogens is 422 g/mol. The number of esters is 1. The molecule has 0 radical (unpaired) electrons. The molecule has 0 saturated carbocycles. The maximum Gasteiger partial charge on any atom is 0.343 e. The van der Waals surface area contributed by atoms with Crippen LogP contribution >= 0.6 is 0 Å². The fourth-order valence-electron chi connectivity index (χ4n) is 4.66. The molecule has 0 unspecified atom stereocenters. The van der Waals surface area contributed by atoms with Gasteiger partial charge in [0.05, 0.1) is 29.0 Å². The molecule has 0 aliphatic carbocycles. The molecule has 172 valence electrons. The van der Waals surface area contributed by atoms with Crippen LogP contribution in [0.25, 0.3) is 22.3 Å². The highest BCUT2D eigenvalue weighted by molar-refractivity contribution is 5.90. The van der Waals surface area contributed by atoms with Gasteiger partial charge in [0.1, 0.15) is 12.4 Å². The number of ether oxygens (including phenoxy) is 1. The minimum Gasteiger partial charge on any atom is -0.507 e. The first-order valence-electron chi connectivity index (χ1n) is 11.2. The fraction of sp³-hybridized carbons (Fsp3) is 0.400. The molecule has 3 aromatic rings. The molecular formula is C25H27N3O5. The second-order valence-electron chi connectivity index (χ2n) is 9.25. The lowest BCUT2D eigenvalue weighted by molar-refractivity contribution is -0.172. The number of aliphatic hydroxyl groups is 1. The molecule has 0 fully saturated rings. The van der Waals surface area contributed by atoms with Crippen molar-refractivity contribution in [3.63, 3.8) is 0 Å². The van der Waals surface area contributed by atoms with Gasteiger partial charge in [-0.1, -0.05) is 13.0 Å². The van der Waals surface area contributed by atoms with Crippen molar-refractivity contribution >= 4 is 16.9 Å². The highest BCUT2D eigenvalue weighted by Gasteiger charge is 2.45. The first kappa shape index (κ1) is 21.6. The molecule has 8 heteroatoms. The number of pyridine rings is 2. The van der Waals surface area contributed by atoms with E-state index in [0.29, 0.717) is 52.5 Å². The van der Waals surface area contributed by atoms with Gasteiger partial charge in [0.25, 0.3) is 5.56 Å². The van der Waals surface area contributed by atoms with Gasteiger partial charge in [0.15, 0.2) is 5.60 Å². The Kier molecular flexibility index (Phi) is 4.84. The summed E-state index contributed by atoms with van der Waals surface area (Å²) in [6.45, 7) is 6.62. The van der Waals surface area contributed by atoms with Crippen molar-refractivity contribution < 1.29 is 19.7 Å². The van der Waals surface area contributed by atoms with E-state index in [1.54, 1.807) is 17.6 Å². The number of aromatic hydroxyl groups is 1. The first-order chi connectivity index (χ1) is 15.7. The molecule has 2 N–H and O–H groups in total. The second kappa shape index (κ2) is 7.40. The number of aromatic nitrogens is 2. The van der Waals surface area contributed by atoms with Gasteiger partial charge < -0.3 is 19.5 Å². The SMILES string of the molecule is CC[C@@]1(O)C(=O)OCc2c1cc1n(c2=O)Cc2cc3c(O)c(CN(C)C(C)C)ccc3nc2-1. The van der Waals surface area contributed by atoms with E-state index >= 15 is 0 Å². The molecule has 2 aliphatic rings. The van der Waals surface area contributed by atoms with Crippen LogP contribution in [0.4, 0.5) is 0 Å². The quantitative estimate of drug-likeness (QED) is 0.462. The minimum atomic E-state index is -1.85. The third-order valence-electron chi connectivity index (χ3n) is 7.05. The Hall–Kier alpha value is -3.23. The Bertz CT molecular complexity index is 1380. The van der Waals surface area contributed by atoms with Crippen LogP contribution in [0.15, 0.2) is 29.1 Å². The van der Waals surface area contributed by atoms with E-state index in [9.17, 15) is 19.8 Å². The number of nitrogens with zero attached hydrogens (tertiary/aromatic N) is 3. The Labute approximate surface area is 191 Å². The van der Waals surface area contributed by atoms with E-state index in [1.165, 1.54) is 0 Å². The number of phenols is 1. The average Bonchev–Trinajstić information content (AvgIpc) is 3.15. The Morgan fingerprint density at radius 1 is 1.27 bits per heavy atom. The summed E-state index contributed by atoms with van der Waals surface area (Å²) in [7, 11) is 2.01. The van der Waals surface area contributed by atoms with Gasteiger partial charge in [-0.25, -0.2) is 9.78 Å². The molecule has 2 aromatic heterocycles. The topological polar surface area (TPSA) is 105 Å². The van der Waals surface area contributed by atoms with Crippen molar-refractivity contribution in [1.82, 2.24) is 14.5 Å². The molecule has 1 aromatic carbocycles. The fourth-order valence-corrected chi connectivity index (χ4v) is 4.66. The van der Waals surface area contributed by atoms with E-state index in [0.717, 1.165) is 11.1 Å². The lowest BCUT2D eigenvalue weighted by Crippen LogP contribution is -2.44. The number of rotatable bonds is 4. The maximum absolute atomic E-state index is 13.3. The second-order valence-corrected chi connectivity index (χ2v) is 9.25. The summed E-state index contributed by atoms with van der Waals surface area (Å²) >= 11 is 0. The number of phenolic OH excluding ortho intramolecular Hbond substituents is 1. The molecule has 4 heterocycles. The van der Waals surface area contributed by atoms with Gasteiger partial charge in [-0.3, -0.25) is 9.69 Å². The molecule has 0 spiro atoms. The lowest BCUT2D eigenvalue weighted by atomic mass is 9.86. The number of carbonyl (C=O) groups excluding carboxylic acids is 1. The van der Waals surface area contributed by atoms with Crippen LogP contribution in [0.3, 0.4) is 0 Å². The van der Waals surface area contributed by atoms with Crippen molar-refractivity contribution in [3.8, 4) is 17.1 Å².